The number of aryl methyl sites for hydroxylation is 2. The van der Waals surface area contributed by atoms with Gasteiger partial charge in [-0.25, -0.2) is 8.78 Å². The normalized spacial score (nSPS) is 12.3. The second kappa shape index (κ2) is 5.39. The van der Waals surface area contributed by atoms with Crippen molar-refractivity contribution in [1.82, 2.24) is 0 Å². The Morgan fingerprint density at radius 2 is 1.74 bits per heavy atom. The molecule has 0 radical (unpaired) electrons. The summed E-state index contributed by atoms with van der Waals surface area (Å²) in [6.07, 6.45) is 0. The lowest BCUT2D eigenvalue weighted by Gasteiger charge is -2.18. The first-order valence-electron chi connectivity index (χ1n) is 6.26. The number of hydrogen-bond acceptors (Lipinski definition) is 1. The minimum Gasteiger partial charge on any atom is -0.376 e. The van der Waals surface area contributed by atoms with Gasteiger partial charge in [0.25, 0.3) is 0 Å². The van der Waals surface area contributed by atoms with E-state index in [1.54, 1.807) is 0 Å². The molecular weight excluding hydrogens is 244 g/mol. The zero-order valence-electron chi connectivity index (χ0n) is 11.3. The first-order valence-corrected chi connectivity index (χ1v) is 6.26. The topological polar surface area (TPSA) is 12.0 Å². The second-order valence-electron chi connectivity index (χ2n) is 4.85. The van der Waals surface area contributed by atoms with Crippen LogP contribution in [0.25, 0.3) is 0 Å². The first kappa shape index (κ1) is 13.5. The van der Waals surface area contributed by atoms with Gasteiger partial charge in [-0.1, -0.05) is 23.8 Å². The molecule has 0 aliphatic rings. The molecule has 1 atom stereocenters. The number of benzene rings is 2. The highest BCUT2D eigenvalue weighted by atomic mass is 19.1. The molecule has 0 saturated carbocycles. The lowest BCUT2D eigenvalue weighted by atomic mass is 10.00. The molecule has 0 aromatic heterocycles. The van der Waals surface area contributed by atoms with Crippen LogP contribution in [0.1, 0.15) is 29.7 Å². The van der Waals surface area contributed by atoms with Gasteiger partial charge >= 0.3 is 0 Å². The fraction of sp³-hybridized carbons (Fsp3) is 0.250. The Morgan fingerprint density at radius 1 is 1.00 bits per heavy atom. The average molecular weight is 261 g/mol. The minimum atomic E-state index is -0.447. The standard InChI is InChI=1S/C16H17F2N/c1-10-4-6-14(11(2)8-10)12(3)19-16-9-13(17)5-7-15(16)18/h4-9,12,19H,1-3H3. The van der Waals surface area contributed by atoms with Gasteiger partial charge in [-0.2, -0.15) is 0 Å². The maximum atomic E-state index is 13.6. The van der Waals surface area contributed by atoms with Crippen molar-refractivity contribution in [3.63, 3.8) is 0 Å². The van der Waals surface area contributed by atoms with E-state index in [0.29, 0.717) is 0 Å². The molecule has 100 valence electrons. The molecule has 0 bridgehead atoms. The molecule has 3 heteroatoms. The molecule has 1 unspecified atom stereocenters. The fourth-order valence-electron chi connectivity index (χ4n) is 2.23. The van der Waals surface area contributed by atoms with Gasteiger partial charge in [0, 0.05) is 6.04 Å². The zero-order chi connectivity index (χ0) is 14.0. The number of anilines is 1. The Balaban J connectivity index is 2.25. The molecule has 1 nitrogen and oxygen atoms in total. The Morgan fingerprint density at radius 3 is 2.42 bits per heavy atom. The summed E-state index contributed by atoms with van der Waals surface area (Å²) >= 11 is 0. The quantitative estimate of drug-likeness (QED) is 0.840. The average Bonchev–Trinajstić information content (AvgIpc) is 2.33. The second-order valence-corrected chi connectivity index (χ2v) is 4.85. The van der Waals surface area contributed by atoms with Crippen molar-refractivity contribution >= 4 is 5.69 Å². The number of hydrogen-bond donors (Lipinski definition) is 1. The van der Waals surface area contributed by atoms with E-state index in [0.717, 1.165) is 23.3 Å². The molecule has 0 saturated heterocycles. The third-order valence-electron chi connectivity index (χ3n) is 3.19. The van der Waals surface area contributed by atoms with Crippen molar-refractivity contribution in [2.45, 2.75) is 26.8 Å². The van der Waals surface area contributed by atoms with E-state index in [4.69, 9.17) is 0 Å². The van der Waals surface area contributed by atoms with Crippen molar-refractivity contribution in [1.29, 1.82) is 0 Å². The molecule has 0 amide bonds. The Hall–Kier alpha value is -1.90. The number of rotatable bonds is 3. The predicted molar refractivity (Wildman–Crippen MR) is 74.3 cm³/mol. The van der Waals surface area contributed by atoms with Crippen LogP contribution in [0.4, 0.5) is 14.5 Å². The summed E-state index contributed by atoms with van der Waals surface area (Å²) < 4.78 is 26.7. The van der Waals surface area contributed by atoms with Crippen LogP contribution >= 0.6 is 0 Å². The van der Waals surface area contributed by atoms with E-state index in [1.165, 1.54) is 11.6 Å². The monoisotopic (exact) mass is 261 g/mol. The maximum Gasteiger partial charge on any atom is 0.146 e. The Kier molecular flexibility index (Phi) is 3.84. The summed E-state index contributed by atoms with van der Waals surface area (Å²) in [5.41, 5.74) is 3.59. The minimum absolute atomic E-state index is 0.0862. The van der Waals surface area contributed by atoms with Gasteiger partial charge in [0.15, 0.2) is 0 Å². The summed E-state index contributed by atoms with van der Waals surface area (Å²) in [5.74, 6) is -0.894. The van der Waals surface area contributed by atoms with E-state index >= 15 is 0 Å². The number of halogens is 2. The SMILES string of the molecule is Cc1ccc(C(C)Nc2cc(F)ccc2F)c(C)c1. The van der Waals surface area contributed by atoms with Crippen LogP contribution in [0.5, 0.6) is 0 Å². The summed E-state index contributed by atoms with van der Waals surface area (Å²) in [7, 11) is 0. The molecule has 1 N–H and O–H groups in total. The number of nitrogens with one attached hydrogen (secondary N) is 1. The molecule has 0 fully saturated rings. The Bertz CT molecular complexity index is 593. The van der Waals surface area contributed by atoms with E-state index in [-0.39, 0.29) is 11.7 Å². The van der Waals surface area contributed by atoms with Gasteiger partial charge in [0.2, 0.25) is 0 Å². The first-order chi connectivity index (χ1) is 8.97. The molecule has 19 heavy (non-hydrogen) atoms. The van der Waals surface area contributed by atoms with Crippen LogP contribution in [0, 0.1) is 25.5 Å². The molecule has 2 rings (SSSR count). The maximum absolute atomic E-state index is 13.6. The van der Waals surface area contributed by atoms with Crippen LogP contribution in [0.15, 0.2) is 36.4 Å². The lowest BCUT2D eigenvalue weighted by molar-refractivity contribution is 0.600. The van der Waals surface area contributed by atoms with E-state index in [9.17, 15) is 8.78 Å². The van der Waals surface area contributed by atoms with Crippen molar-refractivity contribution < 1.29 is 8.78 Å². The van der Waals surface area contributed by atoms with Crippen molar-refractivity contribution in [2.75, 3.05) is 5.32 Å². The van der Waals surface area contributed by atoms with Gasteiger partial charge in [-0.15, -0.1) is 0 Å². The Labute approximate surface area is 112 Å². The predicted octanol–water partition coefficient (Wildman–Crippen LogP) is 4.75. The van der Waals surface area contributed by atoms with E-state index < -0.39 is 11.6 Å². The van der Waals surface area contributed by atoms with Crippen LogP contribution < -0.4 is 5.32 Å². The fourth-order valence-corrected chi connectivity index (χ4v) is 2.23. The molecule has 2 aromatic rings. The largest absolute Gasteiger partial charge is 0.376 e. The smallest absolute Gasteiger partial charge is 0.146 e. The highest BCUT2D eigenvalue weighted by Gasteiger charge is 2.11. The molecule has 0 heterocycles. The summed E-state index contributed by atoms with van der Waals surface area (Å²) in [4.78, 5) is 0. The molecule has 0 aliphatic carbocycles. The van der Waals surface area contributed by atoms with Gasteiger partial charge in [0.1, 0.15) is 11.6 Å². The van der Waals surface area contributed by atoms with Gasteiger partial charge in [0.05, 0.1) is 5.69 Å². The van der Waals surface area contributed by atoms with E-state index in [1.807, 2.05) is 32.9 Å². The summed E-state index contributed by atoms with van der Waals surface area (Å²) in [6, 6.07) is 9.44. The third kappa shape index (κ3) is 3.11. The zero-order valence-corrected chi connectivity index (χ0v) is 11.3. The van der Waals surface area contributed by atoms with Crippen molar-refractivity contribution in [2.24, 2.45) is 0 Å². The summed E-state index contributed by atoms with van der Waals surface area (Å²) in [6.45, 7) is 5.98. The molecule has 2 aromatic carbocycles. The van der Waals surface area contributed by atoms with Gasteiger partial charge in [-0.3, -0.25) is 0 Å². The van der Waals surface area contributed by atoms with Crippen molar-refractivity contribution in [3.05, 3.63) is 64.7 Å². The van der Waals surface area contributed by atoms with E-state index in [2.05, 4.69) is 11.4 Å². The van der Waals surface area contributed by atoms with Crippen LogP contribution in [-0.4, -0.2) is 0 Å². The summed E-state index contributed by atoms with van der Waals surface area (Å²) in [5, 5.41) is 3.01. The van der Waals surface area contributed by atoms with Gasteiger partial charge < -0.3 is 5.32 Å². The van der Waals surface area contributed by atoms with Crippen LogP contribution in [-0.2, 0) is 0 Å². The highest BCUT2D eigenvalue weighted by molar-refractivity contribution is 5.48. The molecule has 0 aliphatic heterocycles. The molecule has 0 spiro atoms. The van der Waals surface area contributed by atoms with Crippen LogP contribution in [0.3, 0.4) is 0 Å². The molecular formula is C16H17F2N. The van der Waals surface area contributed by atoms with Crippen LogP contribution in [0.2, 0.25) is 0 Å². The lowest BCUT2D eigenvalue weighted by Crippen LogP contribution is -2.09. The van der Waals surface area contributed by atoms with Gasteiger partial charge in [-0.05, 0) is 50.1 Å². The highest BCUT2D eigenvalue weighted by Crippen LogP contribution is 2.25. The third-order valence-corrected chi connectivity index (χ3v) is 3.19. The van der Waals surface area contributed by atoms with Crippen molar-refractivity contribution in [3.8, 4) is 0 Å².